The number of rotatable bonds is 3. The second kappa shape index (κ2) is 7.65. The van der Waals surface area contributed by atoms with E-state index in [4.69, 9.17) is 0 Å². The average molecular weight is 291 g/mol. The Morgan fingerprint density at radius 3 is 2.52 bits per heavy atom. The maximum Gasteiger partial charge on any atom is 0.0789 e. The van der Waals surface area contributed by atoms with Gasteiger partial charge in [0, 0.05) is 6.42 Å². The van der Waals surface area contributed by atoms with E-state index in [1.165, 1.54) is 38.8 Å². The van der Waals surface area contributed by atoms with Gasteiger partial charge in [-0.25, -0.2) is 0 Å². The molecule has 1 heterocycles. The topological polar surface area (TPSA) is 23.5 Å². The van der Waals surface area contributed by atoms with Gasteiger partial charge in [-0.1, -0.05) is 45.5 Å². The lowest BCUT2D eigenvalue weighted by atomic mass is 9.66. The summed E-state index contributed by atoms with van der Waals surface area (Å²) < 4.78 is 0. The van der Waals surface area contributed by atoms with E-state index in [2.05, 4.69) is 37.5 Å². The van der Waals surface area contributed by atoms with Crippen molar-refractivity contribution in [3.8, 4) is 11.8 Å². The maximum atomic E-state index is 11.1. The minimum Gasteiger partial charge on any atom is -0.389 e. The Labute approximate surface area is 131 Å². The number of nitrogens with zero attached hydrogens (tertiary/aromatic N) is 1. The SMILES string of the molecule is CC(C)[C@@H]1CC[C@@H](C)C[C@]1(O)CC#CCN1CCCCC1. The minimum absolute atomic E-state index is 0.415. The van der Waals surface area contributed by atoms with Gasteiger partial charge in [0.05, 0.1) is 12.1 Å². The van der Waals surface area contributed by atoms with Crippen molar-refractivity contribution in [2.75, 3.05) is 19.6 Å². The van der Waals surface area contributed by atoms with E-state index < -0.39 is 5.60 Å². The summed E-state index contributed by atoms with van der Waals surface area (Å²) in [7, 11) is 0. The van der Waals surface area contributed by atoms with Gasteiger partial charge in [0.15, 0.2) is 0 Å². The zero-order valence-electron chi connectivity index (χ0n) is 14.2. The van der Waals surface area contributed by atoms with Gasteiger partial charge in [0.25, 0.3) is 0 Å². The number of aliphatic hydroxyl groups is 1. The highest BCUT2D eigenvalue weighted by Crippen LogP contribution is 2.42. The largest absolute Gasteiger partial charge is 0.389 e. The highest BCUT2D eigenvalue weighted by atomic mass is 16.3. The van der Waals surface area contributed by atoms with Crippen LogP contribution < -0.4 is 0 Å². The highest BCUT2D eigenvalue weighted by Gasteiger charge is 2.41. The van der Waals surface area contributed by atoms with Crippen molar-refractivity contribution in [2.45, 2.75) is 71.3 Å². The molecule has 2 rings (SSSR count). The number of piperidine rings is 1. The molecular weight excluding hydrogens is 258 g/mol. The summed E-state index contributed by atoms with van der Waals surface area (Å²) in [5.74, 6) is 8.22. The summed E-state index contributed by atoms with van der Waals surface area (Å²) in [6, 6.07) is 0. The van der Waals surface area contributed by atoms with Gasteiger partial charge in [-0.05, 0) is 56.5 Å². The molecule has 3 atom stereocenters. The summed E-state index contributed by atoms with van der Waals surface area (Å²) in [6.45, 7) is 10.0. The molecule has 0 spiro atoms. The zero-order valence-corrected chi connectivity index (χ0v) is 14.2. The standard InChI is InChI=1S/C19H33NO/c1-16(2)18-10-9-17(3)15-19(18,21)11-5-8-14-20-12-6-4-7-13-20/h16-18,21H,4,6-7,9-15H2,1-3H3/t17-,18+,19-/m1/s1. The van der Waals surface area contributed by atoms with Gasteiger partial charge >= 0.3 is 0 Å². The Bertz CT molecular complexity index is 375. The predicted octanol–water partition coefficient (Wildman–Crippen LogP) is 3.69. The summed E-state index contributed by atoms with van der Waals surface area (Å²) in [5, 5.41) is 11.1. The van der Waals surface area contributed by atoms with Crippen LogP contribution in [0.4, 0.5) is 0 Å². The molecule has 1 saturated heterocycles. The molecule has 0 amide bonds. The fourth-order valence-electron chi connectivity index (χ4n) is 4.25. The van der Waals surface area contributed by atoms with Crippen molar-refractivity contribution in [1.29, 1.82) is 0 Å². The first-order valence-electron chi connectivity index (χ1n) is 8.92. The highest BCUT2D eigenvalue weighted by molar-refractivity contribution is 5.08. The molecule has 0 aromatic carbocycles. The van der Waals surface area contributed by atoms with Crippen LogP contribution in [0.25, 0.3) is 0 Å². The summed E-state index contributed by atoms with van der Waals surface area (Å²) in [6.07, 6.45) is 8.01. The Morgan fingerprint density at radius 1 is 1.14 bits per heavy atom. The normalized spacial score (nSPS) is 34.5. The molecule has 2 heteroatoms. The van der Waals surface area contributed by atoms with Crippen LogP contribution in [-0.4, -0.2) is 35.2 Å². The van der Waals surface area contributed by atoms with E-state index in [9.17, 15) is 5.11 Å². The average Bonchev–Trinajstić information content (AvgIpc) is 2.44. The molecular formula is C19H33NO. The smallest absolute Gasteiger partial charge is 0.0789 e. The molecule has 2 fully saturated rings. The van der Waals surface area contributed by atoms with E-state index >= 15 is 0 Å². The molecule has 120 valence electrons. The number of hydrogen-bond donors (Lipinski definition) is 1. The predicted molar refractivity (Wildman–Crippen MR) is 89.0 cm³/mol. The van der Waals surface area contributed by atoms with E-state index in [0.717, 1.165) is 19.4 Å². The molecule has 1 aliphatic carbocycles. The van der Waals surface area contributed by atoms with E-state index in [1.807, 2.05) is 0 Å². The minimum atomic E-state index is -0.555. The molecule has 2 aliphatic rings. The molecule has 1 saturated carbocycles. The van der Waals surface area contributed by atoms with Crippen LogP contribution in [0.15, 0.2) is 0 Å². The Kier molecular flexibility index (Phi) is 6.14. The van der Waals surface area contributed by atoms with Crippen molar-refractivity contribution in [2.24, 2.45) is 17.8 Å². The van der Waals surface area contributed by atoms with Crippen LogP contribution in [0.2, 0.25) is 0 Å². The van der Waals surface area contributed by atoms with Gasteiger partial charge < -0.3 is 5.11 Å². The third-order valence-corrected chi connectivity index (χ3v) is 5.44. The molecule has 0 radical (unpaired) electrons. The molecule has 2 nitrogen and oxygen atoms in total. The maximum absolute atomic E-state index is 11.1. The van der Waals surface area contributed by atoms with Crippen LogP contribution >= 0.6 is 0 Å². The summed E-state index contributed by atoms with van der Waals surface area (Å²) >= 11 is 0. The molecule has 0 bridgehead atoms. The van der Waals surface area contributed by atoms with Crippen molar-refractivity contribution in [3.05, 3.63) is 0 Å². The first-order valence-corrected chi connectivity index (χ1v) is 8.92. The number of hydrogen-bond acceptors (Lipinski definition) is 2. The molecule has 0 aromatic heterocycles. The lowest BCUT2D eigenvalue weighted by Crippen LogP contribution is -2.45. The Morgan fingerprint density at radius 2 is 1.86 bits per heavy atom. The van der Waals surface area contributed by atoms with Crippen LogP contribution in [0.3, 0.4) is 0 Å². The van der Waals surface area contributed by atoms with Gasteiger partial charge in [-0.15, -0.1) is 0 Å². The van der Waals surface area contributed by atoms with E-state index in [0.29, 0.717) is 24.2 Å². The van der Waals surface area contributed by atoms with Gasteiger partial charge in [-0.3, -0.25) is 4.90 Å². The first-order chi connectivity index (χ1) is 10.0. The van der Waals surface area contributed by atoms with Crippen molar-refractivity contribution < 1.29 is 5.11 Å². The van der Waals surface area contributed by atoms with Crippen molar-refractivity contribution >= 4 is 0 Å². The van der Waals surface area contributed by atoms with Gasteiger partial charge in [0.2, 0.25) is 0 Å². The van der Waals surface area contributed by atoms with Crippen LogP contribution in [0.1, 0.15) is 65.7 Å². The van der Waals surface area contributed by atoms with Crippen molar-refractivity contribution in [3.63, 3.8) is 0 Å². The molecule has 21 heavy (non-hydrogen) atoms. The first kappa shape index (κ1) is 16.8. The lowest BCUT2D eigenvalue weighted by molar-refractivity contribution is -0.0760. The molecule has 1 aliphatic heterocycles. The lowest BCUT2D eigenvalue weighted by Gasteiger charge is -2.44. The fourth-order valence-corrected chi connectivity index (χ4v) is 4.25. The van der Waals surface area contributed by atoms with Gasteiger partial charge in [0.1, 0.15) is 0 Å². The second-order valence-corrected chi connectivity index (χ2v) is 7.71. The monoisotopic (exact) mass is 291 g/mol. The number of likely N-dealkylation sites (tertiary alicyclic amines) is 1. The Hall–Kier alpha value is -0.520. The quantitative estimate of drug-likeness (QED) is 0.802. The van der Waals surface area contributed by atoms with Crippen LogP contribution in [0, 0.1) is 29.6 Å². The van der Waals surface area contributed by atoms with Gasteiger partial charge in [-0.2, -0.15) is 0 Å². The third-order valence-electron chi connectivity index (χ3n) is 5.44. The van der Waals surface area contributed by atoms with E-state index in [1.54, 1.807) is 0 Å². The summed E-state index contributed by atoms with van der Waals surface area (Å²) in [4.78, 5) is 2.45. The third kappa shape index (κ3) is 4.73. The molecule has 0 aromatic rings. The zero-order chi connectivity index (χ0) is 15.3. The van der Waals surface area contributed by atoms with Crippen LogP contribution in [-0.2, 0) is 0 Å². The Balaban J connectivity index is 1.89. The van der Waals surface area contributed by atoms with Crippen LogP contribution in [0.5, 0.6) is 0 Å². The van der Waals surface area contributed by atoms with Crippen molar-refractivity contribution in [1.82, 2.24) is 4.90 Å². The molecule has 0 unspecified atom stereocenters. The summed E-state index contributed by atoms with van der Waals surface area (Å²) in [5.41, 5.74) is -0.555. The van der Waals surface area contributed by atoms with E-state index in [-0.39, 0.29) is 0 Å². The fraction of sp³-hybridized carbons (Fsp3) is 0.895. The second-order valence-electron chi connectivity index (χ2n) is 7.71. The molecule has 1 N–H and O–H groups in total.